The third-order valence-corrected chi connectivity index (χ3v) is 2.55. The highest BCUT2D eigenvalue weighted by molar-refractivity contribution is 9.10. The fraction of sp³-hybridized carbons (Fsp3) is 0.300. The lowest BCUT2D eigenvalue weighted by Crippen LogP contribution is -2.08. The van der Waals surface area contributed by atoms with Gasteiger partial charge in [-0.2, -0.15) is 4.98 Å². The predicted octanol–water partition coefficient (Wildman–Crippen LogP) is 1.59. The van der Waals surface area contributed by atoms with E-state index in [4.69, 9.17) is 5.73 Å². The van der Waals surface area contributed by atoms with Gasteiger partial charge in [0.05, 0.1) is 0 Å². The highest BCUT2D eigenvalue weighted by atomic mass is 79.9. The number of hydrogen-bond donors (Lipinski definition) is 3. The number of aromatic amines is 1. The second-order valence-electron chi connectivity index (χ2n) is 3.51. The number of rotatable bonds is 5. The Labute approximate surface area is 107 Å². The number of nitrogens with zero attached hydrogens (tertiary/aromatic N) is 3. The normalized spacial score (nSPS) is 10.4. The molecule has 2 aromatic rings. The van der Waals surface area contributed by atoms with Crippen LogP contribution in [0.2, 0.25) is 0 Å². The van der Waals surface area contributed by atoms with Gasteiger partial charge in [-0.25, -0.2) is 9.97 Å². The van der Waals surface area contributed by atoms with E-state index < -0.39 is 0 Å². The molecule has 7 heteroatoms. The Kier molecular flexibility index (Phi) is 3.92. The molecule has 0 aliphatic heterocycles. The molecule has 0 radical (unpaired) electrons. The van der Waals surface area contributed by atoms with Gasteiger partial charge in [-0.15, -0.1) is 0 Å². The first-order valence-corrected chi connectivity index (χ1v) is 6.05. The molecule has 0 bridgehead atoms. The number of aryl methyl sites for hydroxylation is 1. The van der Waals surface area contributed by atoms with Crippen LogP contribution in [-0.4, -0.2) is 26.5 Å². The number of hydrogen-bond acceptors (Lipinski definition) is 5. The monoisotopic (exact) mass is 296 g/mol. The van der Waals surface area contributed by atoms with E-state index in [2.05, 4.69) is 41.2 Å². The Morgan fingerprint density at radius 1 is 1.41 bits per heavy atom. The topological polar surface area (TPSA) is 92.5 Å². The molecule has 17 heavy (non-hydrogen) atoms. The third-order valence-electron chi connectivity index (χ3n) is 2.14. The van der Waals surface area contributed by atoms with Gasteiger partial charge in [0.25, 0.3) is 0 Å². The minimum atomic E-state index is 0.445. The molecule has 2 rings (SSSR count). The molecular weight excluding hydrogens is 284 g/mol. The van der Waals surface area contributed by atoms with E-state index >= 15 is 0 Å². The summed E-state index contributed by atoms with van der Waals surface area (Å²) in [6.45, 7) is 0.774. The SMILES string of the molecule is Nc1cc(Br)nc(NCCCc2ncc[nH]2)n1. The van der Waals surface area contributed by atoms with Gasteiger partial charge >= 0.3 is 0 Å². The van der Waals surface area contributed by atoms with Gasteiger partial charge in [0.2, 0.25) is 5.95 Å². The number of halogens is 1. The number of aromatic nitrogens is 4. The van der Waals surface area contributed by atoms with Crippen molar-refractivity contribution in [2.75, 3.05) is 17.6 Å². The van der Waals surface area contributed by atoms with Crippen LogP contribution in [0, 0.1) is 0 Å². The zero-order valence-electron chi connectivity index (χ0n) is 9.15. The first kappa shape index (κ1) is 11.8. The molecule has 4 N–H and O–H groups in total. The molecule has 90 valence electrons. The number of imidazole rings is 1. The van der Waals surface area contributed by atoms with Crippen molar-refractivity contribution >= 4 is 27.7 Å². The lowest BCUT2D eigenvalue weighted by Gasteiger charge is -2.05. The number of H-pyrrole nitrogens is 1. The number of nitrogens with two attached hydrogens (primary N) is 1. The minimum Gasteiger partial charge on any atom is -0.383 e. The second-order valence-corrected chi connectivity index (χ2v) is 4.32. The van der Waals surface area contributed by atoms with Crippen molar-refractivity contribution in [2.45, 2.75) is 12.8 Å². The lowest BCUT2D eigenvalue weighted by atomic mass is 10.3. The molecule has 0 unspecified atom stereocenters. The summed E-state index contributed by atoms with van der Waals surface area (Å²) >= 11 is 3.27. The fourth-order valence-corrected chi connectivity index (χ4v) is 1.81. The highest BCUT2D eigenvalue weighted by Crippen LogP contribution is 2.12. The molecule has 0 saturated carbocycles. The summed E-state index contributed by atoms with van der Waals surface area (Å²) in [6.07, 6.45) is 5.41. The summed E-state index contributed by atoms with van der Waals surface area (Å²) in [5.74, 6) is 1.97. The van der Waals surface area contributed by atoms with Gasteiger partial charge in [0.1, 0.15) is 16.2 Å². The highest BCUT2D eigenvalue weighted by Gasteiger charge is 2.00. The van der Waals surface area contributed by atoms with Gasteiger partial charge in [-0.3, -0.25) is 0 Å². The average molecular weight is 297 g/mol. The van der Waals surface area contributed by atoms with Crippen LogP contribution >= 0.6 is 15.9 Å². The molecule has 0 saturated heterocycles. The molecule has 0 fully saturated rings. The van der Waals surface area contributed by atoms with Crippen LogP contribution in [0.25, 0.3) is 0 Å². The van der Waals surface area contributed by atoms with Gasteiger partial charge in [-0.05, 0) is 22.4 Å². The molecule has 0 aliphatic carbocycles. The quantitative estimate of drug-likeness (QED) is 0.575. The number of anilines is 2. The van der Waals surface area contributed by atoms with Crippen molar-refractivity contribution < 1.29 is 0 Å². The van der Waals surface area contributed by atoms with E-state index in [1.807, 2.05) is 6.20 Å². The summed E-state index contributed by atoms with van der Waals surface area (Å²) in [7, 11) is 0. The van der Waals surface area contributed by atoms with Crippen molar-refractivity contribution in [1.82, 2.24) is 19.9 Å². The maximum absolute atomic E-state index is 5.60. The fourth-order valence-electron chi connectivity index (χ4n) is 1.40. The van der Waals surface area contributed by atoms with Crippen LogP contribution in [0.3, 0.4) is 0 Å². The first-order chi connectivity index (χ1) is 8.24. The Morgan fingerprint density at radius 3 is 3.00 bits per heavy atom. The summed E-state index contributed by atoms with van der Waals surface area (Å²) in [6, 6.07) is 1.66. The Balaban J connectivity index is 1.78. The van der Waals surface area contributed by atoms with Crippen LogP contribution in [0.15, 0.2) is 23.1 Å². The van der Waals surface area contributed by atoms with Gasteiger partial charge in [0.15, 0.2) is 0 Å². The van der Waals surface area contributed by atoms with Gasteiger partial charge < -0.3 is 16.0 Å². The van der Waals surface area contributed by atoms with Crippen molar-refractivity contribution in [3.63, 3.8) is 0 Å². The smallest absolute Gasteiger partial charge is 0.225 e. The summed E-state index contributed by atoms with van der Waals surface area (Å²) in [5, 5.41) is 3.11. The maximum Gasteiger partial charge on any atom is 0.225 e. The Morgan fingerprint density at radius 2 is 2.29 bits per heavy atom. The molecule has 6 nitrogen and oxygen atoms in total. The Bertz CT molecular complexity index is 449. The van der Waals surface area contributed by atoms with Crippen molar-refractivity contribution in [2.24, 2.45) is 0 Å². The van der Waals surface area contributed by atoms with E-state index in [0.717, 1.165) is 25.2 Å². The van der Waals surface area contributed by atoms with Crippen LogP contribution in [-0.2, 0) is 6.42 Å². The van der Waals surface area contributed by atoms with Gasteiger partial charge in [-0.1, -0.05) is 0 Å². The third kappa shape index (κ3) is 3.70. The zero-order chi connectivity index (χ0) is 12.1. The van der Waals surface area contributed by atoms with Gasteiger partial charge in [0, 0.05) is 31.4 Å². The van der Waals surface area contributed by atoms with Crippen LogP contribution < -0.4 is 11.1 Å². The van der Waals surface area contributed by atoms with E-state index in [-0.39, 0.29) is 0 Å². The van der Waals surface area contributed by atoms with Crippen LogP contribution in [0.1, 0.15) is 12.2 Å². The standard InChI is InChI=1S/C10H13BrN6/c11-7-6-8(12)17-10(16-7)15-3-1-2-9-13-4-5-14-9/h4-6H,1-3H2,(H,13,14)(H3,12,15,16,17). The molecule has 0 aromatic carbocycles. The lowest BCUT2D eigenvalue weighted by molar-refractivity contribution is 0.810. The number of nitrogen functional groups attached to an aromatic ring is 1. The first-order valence-electron chi connectivity index (χ1n) is 5.26. The maximum atomic E-state index is 5.60. The summed E-state index contributed by atoms with van der Waals surface area (Å²) in [5.41, 5.74) is 5.60. The molecular formula is C10H13BrN6. The Hall–Kier alpha value is -1.63. The molecule has 0 amide bonds. The zero-order valence-corrected chi connectivity index (χ0v) is 10.7. The summed E-state index contributed by atoms with van der Waals surface area (Å²) < 4.78 is 0.679. The average Bonchev–Trinajstić information content (AvgIpc) is 2.76. The molecule has 0 spiro atoms. The predicted molar refractivity (Wildman–Crippen MR) is 69.5 cm³/mol. The van der Waals surface area contributed by atoms with Crippen molar-refractivity contribution in [1.29, 1.82) is 0 Å². The van der Waals surface area contributed by atoms with Crippen molar-refractivity contribution in [3.05, 3.63) is 28.9 Å². The molecule has 2 aromatic heterocycles. The van der Waals surface area contributed by atoms with Crippen LogP contribution in [0.4, 0.5) is 11.8 Å². The largest absolute Gasteiger partial charge is 0.383 e. The van der Waals surface area contributed by atoms with Crippen molar-refractivity contribution in [3.8, 4) is 0 Å². The van der Waals surface area contributed by atoms with E-state index in [1.165, 1.54) is 0 Å². The molecule has 2 heterocycles. The van der Waals surface area contributed by atoms with E-state index in [0.29, 0.717) is 16.4 Å². The number of nitrogens with one attached hydrogen (secondary N) is 2. The molecule has 0 aliphatic rings. The second kappa shape index (κ2) is 5.62. The van der Waals surface area contributed by atoms with E-state index in [1.54, 1.807) is 12.3 Å². The van der Waals surface area contributed by atoms with E-state index in [9.17, 15) is 0 Å². The minimum absolute atomic E-state index is 0.445. The molecule has 0 atom stereocenters. The summed E-state index contributed by atoms with van der Waals surface area (Å²) in [4.78, 5) is 15.4. The van der Waals surface area contributed by atoms with Crippen LogP contribution in [0.5, 0.6) is 0 Å².